The van der Waals surface area contributed by atoms with Crippen LogP contribution in [0.3, 0.4) is 0 Å². The molecule has 2 aromatic carbocycles. The van der Waals surface area contributed by atoms with Gasteiger partial charge in [0.05, 0.1) is 42.2 Å². The van der Waals surface area contributed by atoms with E-state index in [1.165, 1.54) is 13.2 Å². The van der Waals surface area contributed by atoms with Gasteiger partial charge in [-0.05, 0) is 67.5 Å². The van der Waals surface area contributed by atoms with E-state index in [-0.39, 0.29) is 47.9 Å². The number of amides is 4. The van der Waals surface area contributed by atoms with Crippen LogP contribution in [-0.2, 0) is 19.9 Å². The zero-order chi connectivity index (χ0) is 32.3. The monoisotopic (exact) mass is 659 g/mol. The van der Waals surface area contributed by atoms with Gasteiger partial charge in [0.2, 0.25) is 0 Å². The molecule has 1 saturated heterocycles. The van der Waals surface area contributed by atoms with Crippen LogP contribution >= 0.6 is 12.4 Å². The van der Waals surface area contributed by atoms with Gasteiger partial charge in [0, 0.05) is 32.3 Å². The third kappa shape index (κ3) is 7.00. The van der Waals surface area contributed by atoms with E-state index in [0.29, 0.717) is 37.9 Å². The Bertz CT molecular complexity index is 1540. The number of nitrogens with one attached hydrogen (secondary N) is 2. The number of aliphatic hydroxyl groups is 1. The minimum atomic E-state index is -1.41. The number of likely N-dealkylation sites (tertiary alicyclic amines) is 1. The standard InChI is InChI=1S/C32H35F2N5O6.ClH/c1-44-18-26-27(29(40)45-2)28(20-5-8-24(33)25(34)15-20)39(31(42)37-26)30(41)36-22-11-14-38(17-22)23-9-12-32(43,13-10-23)21-6-3-19(16-35)4-7-21;/h3-8,15,22-23,28,43H,9-14,17-18H2,1-2H3,(H,36,41)(H,37,42);1H/t22-,23?,28+,32?;/m1./s1. The molecule has 246 valence electrons. The molecule has 0 radical (unpaired) electrons. The molecule has 2 aromatic rings. The first-order valence-electron chi connectivity index (χ1n) is 14.7. The summed E-state index contributed by atoms with van der Waals surface area (Å²) in [6, 6.07) is 8.74. The second-order valence-electron chi connectivity index (χ2n) is 11.6. The molecule has 3 N–H and O–H groups in total. The summed E-state index contributed by atoms with van der Waals surface area (Å²) in [5.41, 5.74) is 0.241. The molecule has 2 aliphatic heterocycles. The average molecular weight is 660 g/mol. The maximum absolute atomic E-state index is 14.4. The molecule has 11 nitrogen and oxygen atoms in total. The number of esters is 1. The molecule has 0 spiro atoms. The fraction of sp³-hybridized carbons (Fsp3) is 0.438. The molecule has 4 amide bonds. The van der Waals surface area contributed by atoms with Gasteiger partial charge in [-0.25, -0.2) is 28.1 Å². The van der Waals surface area contributed by atoms with Crippen LogP contribution in [-0.4, -0.2) is 78.9 Å². The van der Waals surface area contributed by atoms with Crippen molar-refractivity contribution < 1.29 is 37.7 Å². The maximum atomic E-state index is 14.4. The van der Waals surface area contributed by atoms with E-state index in [1.54, 1.807) is 24.3 Å². The number of benzene rings is 2. The Morgan fingerprint density at radius 1 is 1.11 bits per heavy atom. The molecule has 0 aromatic heterocycles. The summed E-state index contributed by atoms with van der Waals surface area (Å²) in [6.07, 6.45) is 3.17. The number of halogens is 3. The smallest absolute Gasteiger partial charge is 0.338 e. The van der Waals surface area contributed by atoms with E-state index in [1.807, 2.05) is 0 Å². The van der Waals surface area contributed by atoms with Crippen LogP contribution in [0.2, 0.25) is 0 Å². The van der Waals surface area contributed by atoms with Crippen LogP contribution in [0, 0.1) is 23.0 Å². The Morgan fingerprint density at radius 2 is 1.80 bits per heavy atom. The molecule has 2 fully saturated rings. The third-order valence-corrected chi connectivity index (χ3v) is 8.90. The Kier molecular flexibility index (Phi) is 11.0. The van der Waals surface area contributed by atoms with E-state index in [2.05, 4.69) is 21.6 Å². The van der Waals surface area contributed by atoms with Crippen molar-refractivity contribution in [3.8, 4) is 6.07 Å². The number of imide groups is 1. The van der Waals surface area contributed by atoms with E-state index >= 15 is 0 Å². The summed E-state index contributed by atoms with van der Waals surface area (Å²) in [6.45, 7) is 0.992. The van der Waals surface area contributed by atoms with Gasteiger partial charge in [-0.2, -0.15) is 5.26 Å². The summed E-state index contributed by atoms with van der Waals surface area (Å²) in [5, 5.41) is 25.8. The molecule has 0 bridgehead atoms. The first kappa shape index (κ1) is 34.8. The highest BCUT2D eigenvalue weighted by Gasteiger charge is 2.44. The molecule has 2 atom stereocenters. The SMILES string of the molecule is COCC1=C(C(=O)OC)[C@H](c2ccc(F)c(F)c2)N(C(=O)N[C@@H]2CCN(C3CCC(O)(c4ccc(C#N)cc4)CC3)C2)C(=O)N1.Cl. The summed E-state index contributed by atoms with van der Waals surface area (Å²) < 4.78 is 38.3. The fourth-order valence-corrected chi connectivity index (χ4v) is 6.55. The van der Waals surface area contributed by atoms with Crippen molar-refractivity contribution in [3.63, 3.8) is 0 Å². The highest BCUT2D eigenvalue weighted by Crippen LogP contribution is 2.40. The number of hydrogen-bond acceptors (Lipinski definition) is 8. The van der Waals surface area contributed by atoms with Crippen molar-refractivity contribution in [2.24, 2.45) is 0 Å². The first-order valence-corrected chi connectivity index (χ1v) is 14.7. The van der Waals surface area contributed by atoms with Gasteiger partial charge in [0.1, 0.15) is 6.04 Å². The van der Waals surface area contributed by atoms with E-state index in [9.17, 15) is 28.3 Å². The third-order valence-electron chi connectivity index (χ3n) is 8.90. The summed E-state index contributed by atoms with van der Waals surface area (Å²) in [7, 11) is 2.48. The minimum absolute atomic E-state index is 0. The molecule has 3 aliphatic rings. The van der Waals surface area contributed by atoms with Gasteiger partial charge in [-0.15, -0.1) is 12.4 Å². The van der Waals surface area contributed by atoms with Crippen LogP contribution in [0.4, 0.5) is 18.4 Å². The van der Waals surface area contributed by atoms with Crippen molar-refractivity contribution in [3.05, 3.63) is 82.1 Å². The summed E-state index contributed by atoms with van der Waals surface area (Å²) >= 11 is 0. The quantitative estimate of drug-likeness (QED) is 0.379. The lowest BCUT2D eigenvalue weighted by molar-refractivity contribution is -0.137. The van der Waals surface area contributed by atoms with Gasteiger partial charge < -0.3 is 25.2 Å². The Balaban J connectivity index is 0.00000480. The Labute approximate surface area is 271 Å². The number of methoxy groups -OCH3 is 2. The number of hydrogen-bond donors (Lipinski definition) is 3. The van der Waals surface area contributed by atoms with E-state index < -0.39 is 41.3 Å². The predicted octanol–water partition coefficient (Wildman–Crippen LogP) is 4.01. The topological polar surface area (TPSA) is 144 Å². The normalized spacial score (nSPS) is 24.9. The van der Waals surface area contributed by atoms with Crippen LogP contribution < -0.4 is 10.6 Å². The largest absolute Gasteiger partial charge is 0.466 e. The van der Waals surface area contributed by atoms with Crippen molar-refractivity contribution in [1.82, 2.24) is 20.4 Å². The van der Waals surface area contributed by atoms with Crippen molar-refractivity contribution >= 4 is 30.4 Å². The second-order valence-corrected chi connectivity index (χ2v) is 11.6. The second kappa shape index (κ2) is 14.6. The number of carbonyl (C=O) groups excluding carboxylic acids is 3. The molecule has 2 heterocycles. The summed E-state index contributed by atoms with van der Waals surface area (Å²) in [4.78, 5) is 43.0. The highest BCUT2D eigenvalue weighted by molar-refractivity contribution is 6.01. The predicted molar refractivity (Wildman–Crippen MR) is 163 cm³/mol. The van der Waals surface area contributed by atoms with E-state index in [4.69, 9.17) is 14.7 Å². The zero-order valence-corrected chi connectivity index (χ0v) is 26.2. The van der Waals surface area contributed by atoms with Gasteiger partial charge in [-0.1, -0.05) is 18.2 Å². The lowest BCUT2D eigenvalue weighted by Gasteiger charge is -2.40. The zero-order valence-electron chi connectivity index (χ0n) is 25.4. The average Bonchev–Trinajstić information content (AvgIpc) is 3.50. The molecule has 0 unspecified atom stereocenters. The molecule has 46 heavy (non-hydrogen) atoms. The van der Waals surface area contributed by atoms with Gasteiger partial charge >= 0.3 is 18.0 Å². The number of rotatable bonds is 7. The number of ether oxygens (including phenoxy) is 2. The van der Waals surface area contributed by atoms with Crippen LogP contribution in [0.5, 0.6) is 0 Å². The minimum Gasteiger partial charge on any atom is -0.466 e. The number of urea groups is 2. The van der Waals surface area contributed by atoms with Crippen LogP contribution in [0.25, 0.3) is 0 Å². The first-order chi connectivity index (χ1) is 21.6. The molecule has 1 aliphatic carbocycles. The highest BCUT2D eigenvalue weighted by atomic mass is 35.5. The maximum Gasteiger partial charge on any atom is 0.338 e. The summed E-state index contributed by atoms with van der Waals surface area (Å²) in [5.74, 6) is -3.21. The van der Waals surface area contributed by atoms with Crippen molar-refractivity contribution in [1.29, 1.82) is 5.26 Å². The molecular formula is C32H36ClF2N5O6. The number of nitrogens with zero attached hydrogens (tertiary/aromatic N) is 3. The lowest BCUT2D eigenvalue weighted by Crippen LogP contribution is -2.57. The molecule has 1 saturated carbocycles. The van der Waals surface area contributed by atoms with Crippen molar-refractivity contribution in [2.75, 3.05) is 33.9 Å². The fourth-order valence-electron chi connectivity index (χ4n) is 6.55. The van der Waals surface area contributed by atoms with Gasteiger partial charge in [0.15, 0.2) is 11.6 Å². The van der Waals surface area contributed by atoms with Gasteiger partial charge in [0.25, 0.3) is 0 Å². The Morgan fingerprint density at radius 3 is 2.41 bits per heavy atom. The Hall–Kier alpha value is -4.09. The molecular weight excluding hydrogens is 624 g/mol. The molecule has 5 rings (SSSR count). The lowest BCUT2D eigenvalue weighted by atomic mass is 9.77. The van der Waals surface area contributed by atoms with Gasteiger partial charge in [-0.3, -0.25) is 4.90 Å². The van der Waals surface area contributed by atoms with Crippen LogP contribution in [0.15, 0.2) is 53.7 Å². The van der Waals surface area contributed by atoms with Crippen LogP contribution in [0.1, 0.15) is 54.8 Å². The number of carbonyl (C=O) groups is 3. The van der Waals surface area contributed by atoms with E-state index in [0.717, 1.165) is 42.5 Å². The molecule has 14 heteroatoms. The number of nitriles is 1. The van der Waals surface area contributed by atoms with Crippen molar-refractivity contribution in [2.45, 2.75) is 55.8 Å².